The second-order valence-corrected chi connectivity index (χ2v) is 7.63. The third kappa shape index (κ3) is 5.83. The molecular weight excluding hydrogens is 478 g/mol. The number of ether oxygens (including phenoxy) is 1. The number of nitro groups is 1. The molecule has 1 aromatic heterocycles. The molecule has 0 saturated heterocycles. The smallest absolute Gasteiger partial charge is 0.348 e. The van der Waals surface area contributed by atoms with Gasteiger partial charge in [0, 0.05) is 18.5 Å². The summed E-state index contributed by atoms with van der Waals surface area (Å²) in [6.07, 6.45) is 5.02. The van der Waals surface area contributed by atoms with Crippen LogP contribution in [-0.4, -0.2) is 32.2 Å². The van der Waals surface area contributed by atoms with Gasteiger partial charge in [-0.3, -0.25) is 10.1 Å². The van der Waals surface area contributed by atoms with E-state index < -0.39 is 16.1 Å². The van der Waals surface area contributed by atoms with Crippen LogP contribution in [0.3, 0.4) is 0 Å². The van der Waals surface area contributed by atoms with Crippen molar-refractivity contribution in [2.24, 2.45) is 10.1 Å². The van der Waals surface area contributed by atoms with E-state index in [0.717, 1.165) is 12.8 Å². The lowest BCUT2D eigenvalue weighted by atomic mass is 10.3. The quantitative estimate of drug-likeness (QED) is 0.116. The lowest BCUT2D eigenvalue weighted by molar-refractivity contribution is -0.385. The zero-order valence-electron chi connectivity index (χ0n) is 15.0. The highest BCUT2D eigenvalue weighted by molar-refractivity contribution is 9.10. The number of benzene rings is 2. The number of aromatic nitrogens is 2. The number of halogens is 1. The molecule has 0 amide bonds. The monoisotopic (exact) mass is 489 g/mol. The molecule has 3 aromatic rings. The first kappa shape index (κ1) is 21.4. The number of aliphatic imine (C=N–C) groups is 1. The molecule has 1 unspecified atom stereocenters. The van der Waals surface area contributed by atoms with Gasteiger partial charge in [-0.2, -0.15) is 9.97 Å². The van der Waals surface area contributed by atoms with Crippen LogP contribution >= 0.6 is 15.9 Å². The molecule has 0 saturated carbocycles. The van der Waals surface area contributed by atoms with E-state index >= 15 is 0 Å². The average molecular weight is 490 g/mol. The Morgan fingerprint density at radius 3 is 2.47 bits per heavy atom. The highest BCUT2D eigenvalue weighted by atomic mass is 79.9. The van der Waals surface area contributed by atoms with Gasteiger partial charge in [0.2, 0.25) is 18.6 Å². The van der Waals surface area contributed by atoms with Gasteiger partial charge in [0.1, 0.15) is 0 Å². The minimum absolute atomic E-state index is 0.0325. The summed E-state index contributed by atoms with van der Waals surface area (Å²) in [7, 11) is 0. The molecule has 0 fully saturated rings. The maximum absolute atomic E-state index is 12.4. The molecule has 0 aliphatic rings. The van der Waals surface area contributed by atoms with E-state index in [4.69, 9.17) is 9.57 Å². The molecule has 30 heavy (non-hydrogen) atoms. The fourth-order valence-corrected chi connectivity index (χ4v) is 3.18. The standard InChI is InChI=1S/C18H12BrN5O5S/c19-13-9-20-18(21-10-13)30(27)15-7-5-14(6-8-15)22-11-29-23-12-28-17-4-2-1-3-16(17)24(25)26/h1-12H/b22-11+,23-12+. The SMILES string of the molecule is O=[N+]([O-])c1ccccc1O/C=N/O/C=N/c1ccc([S+]([O-])c2ncc(Br)cn2)cc1. The molecule has 12 heteroatoms. The van der Waals surface area contributed by atoms with E-state index in [1.165, 1.54) is 30.6 Å². The Kier molecular flexibility index (Phi) is 7.43. The fourth-order valence-electron chi connectivity index (χ4n) is 2.08. The molecule has 0 N–H and O–H groups in total. The maximum atomic E-state index is 12.4. The highest BCUT2D eigenvalue weighted by Crippen LogP contribution is 2.25. The predicted molar refractivity (Wildman–Crippen MR) is 112 cm³/mol. The summed E-state index contributed by atoms with van der Waals surface area (Å²) >= 11 is 1.71. The van der Waals surface area contributed by atoms with Crippen molar-refractivity contribution in [1.29, 1.82) is 0 Å². The van der Waals surface area contributed by atoms with Crippen molar-refractivity contribution in [2.75, 3.05) is 0 Å². The Hall–Kier alpha value is -3.35. The van der Waals surface area contributed by atoms with Crippen molar-refractivity contribution in [2.45, 2.75) is 10.1 Å². The van der Waals surface area contributed by atoms with E-state index in [9.17, 15) is 14.7 Å². The molecule has 0 aliphatic heterocycles. The minimum Gasteiger partial charge on any atom is -0.604 e. The molecule has 152 valence electrons. The summed E-state index contributed by atoms with van der Waals surface area (Å²) in [6, 6.07) is 12.4. The number of nitro benzene ring substituents is 1. The molecule has 2 aromatic carbocycles. The van der Waals surface area contributed by atoms with Gasteiger partial charge in [0.25, 0.3) is 0 Å². The number of oxime groups is 1. The van der Waals surface area contributed by atoms with Crippen LogP contribution in [0.5, 0.6) is 5.75 Å². The van der Waals surface area contributed by atoms with Crippen molar-refractivity contribution >= 4 is 51.3 Å². The topological polar surface area (TPSA) is 135 Å². The van der Waals surface area contributed by atoms with Crippen LogP contribution < -0.4 is 4.74 Å². The van der Waals surface area contributed by atoms with Gasteiger partial charge in [0.15, 0.2) is 4.90 Å². The Balaban J connectivity index is 1.52. The largest absolute Gasteiger partial charge is 0.604 e. The number of rotatable bonds is 8. The van der Waals surface area contributed by atoms with Crippen molar-refractivity contribution in [3.63, 3.8) is 0 Å². The molecule has 0 spiro atoms. The Bertz CT molecular complexity index is 1060. The minimum atomic E-state index is -1.51. The van der Waals surface area contributed by atoms with Gasteiger partial charge < -0.3 is 14.1 Å². The van der Waals surface area contributed by atoms with Crippen LogP contribution in [0.15, 0.2) is 85.6 Å². The van der Waals surface area contributed by atoms with Crippen LogP contribution in [0.25, 0.3) is 0 Å². The van der Waals surface area contributed by atoms with E-state index in [-0.39, 0.29) is 16.6 Å². The molecular formula is C18H12BrN5O5S. The zero-order valence-corrected chi connectivity index (χ0v) is 17.4. The summed E-state index contributed by atoms with van der Waals surface area (Å²) in [5.74, 6) is 0.0325. The molecule has 0 bridgehead atoms. The summed E-state index contributed by atoms with van der Waals surface area (Å²) in [5.41, 5.74) is 0.339. The van der Waals surface area contributed by atoms with Gasteiger partial charge in [-0.1, -0.05) is 12.1 Å². The summed E-state index contributed by atoms with van der Waals surface area (Å²) in [6.45, 7) is 0. The normalized spacial score (nSPS) is 12.2. The molecule has 1 heterocycles. The van der Waals surface area contributed by atoms with Crippen molar-refractivity contribution < 1.29 is 19.1 Å². The molecule has 10 nitrogen and oxygen atoms in total. The summed E-state index contributed by atoms with van der Waals surface area (Å²) < 4.78 is 18.2. The van der Waals surface area contributed by atoms with E-state index in [1.807, 2.05) is 0 Å². The third-order valence-corrected chi connectivity index (χ3v) is 5.06. The molecule has 0 aliphatic carbocycles. The fraction of sp³-hybridized carbons (Fsp3) is 0. The van der Waals surface area contributed by atoms with Crippen molar-refractivity contribution in [3.05, 3.63) is 75.5 Å². The van der Waals surface area contributed by atoms with E-state index in [1.54, 1.807) is 30.3 Å². The summed E-state index contributed by atoms with van der Waals surface area (Å²) in [5, 5.41) is 14.6. The van der Waals surface area contributed by atoms with Crippen LogP contribution in [-0.2, 0) is 16.0 Å². The lowest BCUT2D eigenvalue weighted by Crippen LogP contribution is -2.06. The highest BCUT2D eigenvalue weighted by Gasteiger charge is 2.18. The Labute approximate surface area is 181 Å². The van der Waals surface area contributed by atoms with Gasteiger partial charge >= 0.3 is 10.8 Å². The van der Waals surface area contributed by atoms with Crippen molar-refractivity contribution in [3.8, 4) is 5.75 Å². The van der Waals surface area contributed by atoms with Gasteiger partial charge in [0.05, 0.1) is 26.3 Å². The first-order valence-electron chi connectivity index (χ1n) is 8.14. The average Bonchev–Trinajstić information content (AvgIpc) is 2.77. The van der Waals surface area contributed by atoms with Crippen LogP contribution in [0.2, 0.25) is 0 Å². The number of para-hydroxylation sites is 2. The van der Waals surface area contributed by atoms with Crippen LogP contribution in [0, 0.1) is 10.1 Å². The Morgan fingerprint density at radius 2 is 1.77 bits per heavy atom. The molecule has 0 radical (unpaired) electrons. The van der Waals surface area contributed by atoms with E-state index in [0.29, 0.717) is 15.1 Å². The first-order valence-corrected chi connectivity index (χ1v) is 10.1. The predicted octanol–water partition coefficient (Wildman–Crippen LogP) is 4.01. The second-order valence-electron chi connectivity index (χ2n) is 5.34. The first-order chi connectivity index (χ1) is 14.5. The lowest BCUT2D eigenvalue weighted by Gasteiger charge is -2.07. The second kappa shape index (κ2) is 10.4. The maximum Gasteiger partial charge on any atom is 0.348 e. The third-order valence-electron chi connectivity index (χ3n) is 3.41. The number of hydrogen-bond donors (Lipinski definition) is 0. The van der Waals surface area contributed by atoms with E-state index in [2.05, 4.69) is 36.0 Å². The zero-order chi connectivity index (χ0) is 21.3. The Morgan fingerprint density at radius 1 is 1.07 bits per heavy atom. The van der Waals surface area contributed by atoms with Gasteiger partial charge in [-0.05, 0) is 51.4 Å². The van der Waals surface area contributed by atoms with Crippen LogP contribution in [0.4, 0.5) is 11.4 Å². The van der Waals surface area contributed by atoms with Crippen molar-refractivity contribution in [1.82, 2.24) is 9.97 Å². The van der Waals surface area contributed by atoms with Gasteiger partial charge in [-0.15, -0.1) is 0 Å². The van der Waals surface area contributed by atoms with Gasteiger partial charge in [-0.25, -0.2) is 4.99 Å². The van der Waals surface area contributed by atoms with Crippen LogP contribution in [0.1, 0.15) is 0 Å². The molecule has 1 atom stereocenters. The number of hydrogen-bond acceptors (Lipinski definition) is 9. The molecule has 3 rings (SSSR count). The number of nitrogens with zero attached hydrogens (tertiary/aromatic N) is 5. The summed E-state index contributed by atoms with van der Waals surface area (Å²) in [4.78, 5) is 27.7.